The Morgan fingerprint density at radius 2 is 2.07 bits per heavy atom. The van der Waals surface area contributed by atoms with Crippen molar-refractivity contribution in [1.29, 1.82) is 0 Å². The Labute approximate surface area is 160 Å². The minimum atomic E-state index is -0.754. The van der Waals surface area contributed by atoms with Crippen LogP contribution in [0.1, 0.15) is 43.0 Å². The summed E-state index contributed by atoms with van der Waals surface area (Å²) in [7, 11) is 0. The Bertz CT molecular complexity index is 905. The predicted molar refractivity (Wildman–Crippen MR) is 103 cm³/mol. The van der Waals surface area contributed by atoms with Crippen molar-refractivity contribution in [1.82, 2.24) is 20.2 Å². The summed E-state index contributed by atoms with van der Waals surface area (Å²) in [4.78, 5) is 47.2. The number of thiophene rings is 1. The van der Waals surface area contributed by atoms with Crippen LogP contribution in [0.5, 0.6) is 0 Å². The topological polar surface area (TPSA) is 104 Å². The number of nitrogens with zero attached hydrogens (tertiary/aromatic N) is 2. The lowest BCUT2D eigenvalue weighted by Crippen LogP contribution is -2.40. The van der Waals surface area contributed by atoms with Crippen LogP contribution >= 0.6 is 11.3 Å². The van der Waals surface area contributed by atoms with Gasteiger partial charge in [0.25, 0.3) is 5.56 Å². The molecule has 2 N–H and O–H groups in total. The molecule has 0 fully saturated rings. The molecule has 2 amide bonds. The first-order chi connectivity index (χ1) is 13.0. The second-order valence-corrected chi connectivity index (χ2v) is 7.56. The van der Waals surface area contributed by atoms with Gasteiger partial charge in [0.2, 0.25) is 5.91 Å². The molecule has 0 aliphatic heterocycles. The molecule has 1 aliphatic rings. The van der Waals surface area contributed by atoms with Crippen LogP contribution in [0.3, 0.4) is 0 Å². The van der Waals surface area contributed by atoms with E-state index in [9.17, 15) is 14.4 Å². The molecule has 0 radical (unpaired) electrons. The summed E-state index contributed by atoms with van der Waals surface area (Å²) in [6.07, 6.45) is 3.47. The molecular formula is C18H24N4O4S. The molecule has 146 valence electrons. The molecule has 27 heavy (non-hydrogen) atoms. The summed E-state index contributed by atoms with van der Waals surface area (Å²) in [6.45, 7) is 4.67. The molecule has 0 spiro atoms. The SMILES string of the molecule is CCOC(=O)NC(=O)CN(CC)Cc1nc2sc3c(c2c(=O)[nH]1)CCCC3. The lowest BCUT2D eigenvalue weighted by Gasteiger charge is -2.18. The van der Waals surface area contributed by atoms with Crippen molar-refractivity contribution in [3.05, 3.63) is 26.6 Å². The van der Waals surface area contributed by atoms with Crippen LogP contribution in [-0.4, -0.2) is 46.6 Å². The van der Waals surface area contributed by atoms with Crippen LogP contribution in [0.2, 0.25) is 0 Å². The second kappa shape index (κ2) is 8.62. The Balaban J connectivity index is 1.73. The second-order valence-electron chi connectivity index (χ2n) is 6.48. The zero-order valence-corrected chi connectivity index (χ0v) is 16.4. The minimum absolute atomic E-state index is 0.0119. The summed E-state index contributed by atoms with van der Waals surface area (Å²) in [5.41, 5.74) is 1.05. The third-order valence-electron chi connectivity index (χ3n) is 4.58. The summed E-state index contributed by atoms with van der Waals surface area (Å²) >= 11 is 1.60. The van der Waals surface area contributed by atoms with Crippen molar-refractivity contribution < 1.29 is 14.3 Å². The number of fused-ring (bicyclic) bond motifs is 3. The van der Waals surface area contributed by atoms with Crippen molar-refractivity contribution in [2.45, 2.75) is 46.1 Å². The molecule has 2 aromatic rings. The van der Waals surface area contributed by atoms with E-state index < -0.39 is 12.0 Å². The number of alkyl carbamates (subject to hydrolysis) is 1. The fourth-order valence-corrected chi connectivity index (χ4v) is 4.58. The molecule has 0 unspecified atom stereocenters. The van der Waals surface area contributed by atoms with Crippen LogP contribution in [0.4, 0.5) is 4.79 Å². The van der Waals surface area contributed by atoms with Gasteiger partial charge in [-0.3, -0.25) is 19.8 Å². The number of aromatic nitrogens is 2. The number of nitrogens with one attached hydrogen (secondary N) is 2. The first kappa shape index (κ1) is 19.5. The number of aryl methyl sites for hydroxylation is 2. The predicted octanol–water partition coefficient (Wildman–Crippen LogP) is 1.96. The van der Waals surface area contributed by atoms with Gasteiger partial charge in [-0.2, -0.15) is 0 Å². The van der Waals surface area contributed by atoms with Crippen molar-refractivity contribution >= 4 is 33.6 Å². The van der Waals surface area contributed by atoms with Gasteiger partial charge < -0.3 is 9.72 Å². The highest BCUT2D eigenvalue weighted by atomic mass is 32.1. The van der Waals surface area contributed by atoms with Gasteiger partial charge in [-0.15, -0.1) is 11.3 Å². The highest BCUT2D eigenvalue weighted by Gasteiger charge is 2.20. The summed E-state index contributed by atoms with van der Waals surface area (Å²) < 4.78 is 4.70. The first-order valence-corrected chi connectivity index (χ1v) is 10.1. The maximum Gasteiger partial charge on any atom is 0.413 e. The van der Waals surface area contributed by atoms with E-state index in [1.165, 1.54) is 4.88 Å². The lowest BCUT2D eigenvalue weighted by molar-refractivity contribution is -0.121. The van der Waals surface area contributed by atoms with Gasteiger partial charge >= 0.3 is 6.09 Å². The number of hydrogen-bond acceptors (Lipinski definition) is 7. The van der Waals surface area contributed by atoms with Crippen molar-refractivity contribution in [2.24, 2.45) is 0 Å². The van der Waals surface area contributed by atoms with Crippen molar-refractivity contribution in [2.75, 3.05) is 19.7 Å². The largest absolute Gasteiger partial charge is 0.450 e. The normalized spacial score (nSPS) is 13.6. The average molecular weight is 392 g/mol. The van der Waals surface area contributed by atoms with E-state index >= 15 is 0 Å². The quantitative estimate of drug-likeness (QED) is 0.779. The zero-order chi connectivity index (χ0) is 19.4. The Hall–Kier alpha value is -2.26. The number of H-pyrrole nitrogens is 1. The van der Waals surface area contributed by atoms with Gasteiger partial charge in [-0.25, -0.2) is 9.78 Å². The fraction of sp³-hybridized carbons (Fsp3) is 0.556. The number of amides is 2. The van der Waals surface area contributed by atoms with E-state index in [0.717, 1.165) is 41.5 Å². The maximum atomic E-state index is 12.6. The van der Waals surface area contributed by atoms with Crippen molar-refractivity contribution in [3.63, 3.8) is 0 Å². The smallest absolute Gasteiger partial charge is 0.413 e. The van der Waals surface area contributed by atoms with E-state index in [-0.39, 0.29) is 18.7 Å². The fourth-order valence-electron chi connectivity index (χ4n) is 3.30. The number of imide groups is 1. The monoisotopic (exact) mass is 392 g/mol. The number of likely N-dealkylation sites (N-methyl/N-ethyl adjacent to an activating group) is 1. The number of rotatable bonds is 6. The molecular weight excluding hydrogens is 368 g/mol. The van der Waals surface area contributed by atoms with Gasteiger partial charge in [0.1, 0.15) is 10.7 Å². The molecule has 0 saturated carbocycles. The van der Waals surface area contributed by atoms with Gasteiger partial charge in [-0.05, 0) is 44.7 Å². The number of aromatic amines is 1. The van der Waals surface area contributed by atoms with Gasteiger partial charge in [0.15, 0.2) is 0 Å². The molecule has 0 saturated heterocycles. The number of carbonyl (C=O) groups excluding carboxylic acids is 2. The molecule has 0 aromatic carbocycles. The molecule has 9 heteroatoms. The number of carbonyl (C=O) groups is 2. The molecule has 3 rings (SSSR count). The maximum absolute atomic E-state index is 12.6. The third kappa shape index (κ3) is 4.54. The van der Waals surface area contributed by atoms with E-state index in [1.54, 1.807) is 23.2 Å². The van der Waals surface area contributed by atoms with Gasteiger partial charge in [0.05, 0.1) is 25.1 Å². The highest BCUT2D eigenvalue weighted by Crippen LogP contribution is 2.33. The van der Waals surface area contributed by atoms with Crippen LogP contribution in [0, 0.1) is 0 Å². The first-order valence-electron chi connectivity index (χ1n) is 9.24. The minimum Gasteiger partial charge on any atom is -0.450 e. The summed E-state index contributed by atoms with van der Waals surface area (Å²) in [5, 5.41) is 2.90. The van der Waals surface area contributed by atoms with E-state index in [2.05, 4.69) is 15.3 Å². The summed E-state index contributed by atoms with van der Waals surface area (Å²) in [5.74, 6) is 0.0715. The molecule has 0 atom stereocenters. The highest BCUT2D eigenvalue weighted by molar-refractivity contribution is 7.18. The zero-order valence-electron chi connectivity index (χ0n) is 15.6. The van der Waals surface area contributed by atoms with Crippen molar-refractivity contribution in [3.8, 4) is 0 Å². The van der Waals surface area contributed by atoms with Gasteiger partial charge in [-0.1, -0.05) is 6.92 Å². The number of ether oxygens (including phenoxy) is 1. The van der Waals surface area contributed by atoms with Crippen LogP contribution in [-0.2, 0) is 28.9 Å². The molecule has 8 nitrogen and oxygen atoms in total. The van der Waals surface area contributed by atoms with Crippen LogP contribution in [0.25, 0.3) is 10.2 Å². The van der Waals surface area contributed by atoms with E-state index in [0.29, 0.717) is 18.9 Å². The van der Waals surface area contributed by atoms with Crippen LogP contribution < -0.4 is 10.9 Å². The van der Waals surface area contributed by atoms with Crippen LogP contribution in [0.15, 0.2) is 4.79 Å². The summed E-state index contributed by atoms with van der Waals surface area (Å²) in [6, 6.07) is 0. The number of hydrogen-bond donors (Lipinski definition) is 2. The van der Waals surface area contributed by atoms with Gasteiger partial charge in [0, 0.05) is 4.88 Å². The Morgan fingerprint density at radius 3 is 2.81 bits per heavy atom. The molecule has 1 aliphatic carbocycles. The molecule has 2 aromatic heterocycles. The Morgan fingerprint density at radius 1 is 1.30 bits per heavy atom. The van der Waals surface area contributed by atoms with E-state index in [4.69, 9.17) is 4.74 Å². The molecule has 0 bridgehead atoms. The molecule has 2 heterocycles. The standard InChI is InChI=1S/C18H24N4O4S/c1-3-22(10-14(23)21-18(25)26-4-2)9-13-19-16(24)15-11-7-5-6-8-12(11)27-17(15)20-13/h3-10H2,1-2H3,(H,19,20,24)(H,21,23,25). The average Bonchev–Trinajstić information content (AvgIpc) is 2.99. The Kier molecular flexibility index (Phi) is 6.22. The lowest BCUT2D eigenvalue weighted by atomic mass is 9.97. The third-order valence-corrected chi connectivity index (χ3v) is 5.76. The van der Waals surface area contributed by atoms with E-state index in [1.807, 2.05) is 6.92 Å².